The van der Waals surface area contributed by atoms with Gasteiger partial charge in [-0.25, -0.2) is 0 Å². The Bertz CT molecular complexity index is 784. The van der Waals surface area contributed by atoms with E-state index in [0.717, 1.165) is 31.5 Å². The summed E-state index contributed by atoms with van der Waals surface area (Å²) >= 11 is 6.84. The van der Waals surface area contributed by atoms with Crippen LogP contribution in [-0.2, 0) is 4.79 Å². The van der Waals surface area contributed by atoms with E-state index in [4.69, 9.17) is 4.74 Å². The number of fused-ring (bicyclic) bond motifs is 1. The van der Waals surface area contributed by atoms with E-state index in [1.54, 1.807) is 0 Å². The third-order valence-electron chi connectivity index (χ3n) is 3.41. The summed E-state index contributed by atoms with van der Waals surface area (Å²) in [6.45, 7) is 2.23. The summed E-state index contributed by atoms with van der Waals surface area (Å²) < 4.78 is 7.58. The normalized spacial score (nSPS) is 13.0. The van der Waals surface area contributed by atoms with E-state index in [-0.39, 0.29) is 12.5 Å². The van der Waals surface area contributed by atoms with Crippen LogP contribution in [0.25, 0.3) is 6.08 Å². The molecular weight excluding hydrogens is 410 g/mol. The number of ether oxygens (including phenoxy) is 1. The van der Waals surface area contributed by atoms with E-state index in [1.807, 2.05) is 49.4 Å². The van der Waals surface area contributed by atoms with Crippen LogP contribution in [0, 0.1) is 6.92 Å². The summed E-state index contributed by atoms with van der Waals surface area (Å²) in [5.41, 5.74) is 3.31. The van der Waals surface area contributed by atoms with Crippen LogP contribution in [0.2, 0.25) is 0 Å². The number of carbonyl (C=O) groups is 1. The van der Waals surface area contributed by atoms with E-state index >= 15 is 0 Å². The minimum absolute atomic E-state index is 0.143. The number of halogens is 2. The van der Waals surface area contributed by atoms with E-state index in [2.05, 4.69) is 37.2 Å². The lowest BCUT2D eigenvalue weighted by Crippen LogP contribution is -2.21. The summed E-state index contributed by atoms with van der Waals surface area (Å²) in [7, 11) is 0. The average molecular weight is 423 g/mol. The Morgan fingerprint density at radius 2 is 1.86 bits per heavy atom. The quantitative estimate of drug-likeness (QED) is 0.744. The number of anilines is 1. The van der Waals surface area contributed by atoms with Crippen LogP contribution in [0.1, 0.15) is 11.1 Å². The van der Waals surface area contributed by atoms with Crippen LogP contribution >= 0.6 is 31.9 Å². The molecule has 1 amide bonds. The Morgan fingerprint density at radius 1 is 1.14 bits per heavy atom. The molecule has 2 aromatic carbocycles. The summed E-state index contributed by atoms with van der Waals surface area (Å²) in [4.78, 5) is 12.4. The van der Waals surface area contributed by atoms with Gasteiger partial charge < -0.3 is 10.1 Å². The van der Waals surface area contributed by atoms with Crippen molar-refractivity contribution >= 4 is 49.5 Å². The number of hydrogen-bond donors (Lipinski definition) is 1. The van der Waals surface area contributed by atoms with Gasteiger partial charge in [0.05, 0.1) is 5.57 Å². The summed E-state index contributed by atoms with van der Waals surface area (Å²) in [6, 6.07) is 11.5. The maximum atomic E-state index is 12.4. The second-order valence-electron chi connectivity index (χ2n) is 5.05. The molecule has 0 saturated heterocycles. The van der Waals surface area contributed by atoms with Crippen molar-refractivity contribution in [2.24, 2.45) is 0 Å². The maximum absolute atomic E-state index is 12.4. The predicted molar refractivity (Wildman–Crippen MR) is 95.1 cm³/mol. The molecule has 3 nitrogen and oxygen atoms in total. The molecule has 0 atom stereocenters. The number of nitrogens with one attached hydrogen (secondary N) is 1. The van der Waals surface area contributed by atoms with Gasteiger partial charge in [-0.1, -0.05) is 31.9 Å². The topological polar surface area (TPSA) is 38.3 Å². The third kappa shape index (κ3) is 3.25. The van der Waals surface area contributed by atoms with Gasteiger partial charge in [-0.05, 0) is 55.0 Å². The highest BCUT2D eigenvalue weighted by molar-refractivity contribution is 9.10. The molecule has 0 unspecified atom stereocenters. The van der Waals surface area contributed by atoms with E-state index in [1.165, 1.54) is 0 Å². The monoisotopic (exact) mass is 421 g/mol. The minimum Gasteiger partial charge on any atom is -0.488 e. The van der Waals surface area contributed by atoms with Gasteiger partial charge in [-0.3, -0.25) is 4.79 Å². The third-order valence-corrected chi connectivity index (χ3v) is 4.40. The van der Waals surface area contributed by atoms with Crippen molar-refractivity contribution in [1.82, 2.24) is 0 Å². The first-order chi connectivity index (χ1) is 10.5. The molecule has 1 aliphatic heterocycles. The first kappa shape index (κ1) is 15.3. The zero-order valence-electron chi connectivity index (χ0n) is 11.8. The highest BCUT2D eigenvalue weighted by Crippen LogP contribution is 2.29. The molecule has 0 radical (unpaired) electrons. The first-order valence-electron chi connectivity index (χ1n) is 6.73. The number of carbonyl (C=O) groups excluding carboxylic acids is 1. The van der Waals surface area contributed by atoms with Gasteiger partial charge >= 0.3 is 0 Å². The molecule has 1 aliphatic rings. The fourth-order valence-electron chi connectivity index (χ4n) is 2.25. The lowest BCUT2D eigenvalue weighted by atomic mass is 10.1. The lowest BCUT2D eigenvalue weighted by molar-refractivity contribution is -0.113. The van der Waals surface area contributed by atoms with E-state index in [0.29, 0.717) is 5.57 Å². The fourth-order valence-corrected chi connectivity index (χ4v) is 3.10. The highest BCUT2D eigenvalue weighted by Gasteiger charge is 2.18. The Kier molecular flexibility index (Phi) is 4.36. The molecule has 0 spiro atoms. The van der Waals surface area contributed by atoms with Gasteiger partial charge in [0.15, 0.2) is 0 Å². The van der Waals surface area contributed by atoms with Crippen molar-refractivity contribution in [3.05, 3.63) is 62.0 Å². The molecule has 0 saturated carbocycles. The zero-order valence-corrected chi connectivity index (χ0v) is 15.0. The smallest absolute Gasteiger partial charge is 0.255 e. The van der Waals surface area contributed by atoms with Gasteiger partial charge in [0.1, 0.15) is 12.4 Å². The number of aryl methyl sites for hydroxylation is 1. The zero-order chi connectivity index (χ0) is 15.7. The van der Waals surface area contributed by atoms with Crippen LogP contribution in [0.5, 0.6) is 5.75 Å². The SMILES string of the molecule is Cc1cc(Br)ccc1NC(=O)C1=Cc2cc(Br)ccc2OC1. The molecular formula is C17H13Br2NO2. The van der Waals surface area contributed by atoms with E-state index < -0.39 is 0 Å². The Morgan fingerprint density at radius 3 is 2.64 bits per heavy atom. The van der Waals surface area contributed by atoms with Crippen molar-refractivity contribution in [2.75, 3.05) is 11.9 Å². The Labute approximate surface area is 145 Å². The van der Waals surface area contributed by atoms with Crippen LogP contribution in [0.3, 0.4) is 0 Å². The molecule has 22 heavy (non-hydrogen) atoms. The summed E-state index contributed by atoms with van der Waals surface area (Å²) in [6.07, 6.45) is 1.87. The van der Waals surface area contributed by atoms with E-state index in [9.17, 15) is 4.79 Å². The van der Waals surface area contributed by atoms with Crippen molar-refractivity contribution < 1.29 is 9.53 Å². The van der Waals surface area contributed by atoms with Crippen LogP contribution in [0.15, 0.2) is 50.9 Å². The number of amides is 1. The molecule has 0 fully saturated rings. The largest absolute Gasteiger partial charge is 0.488 e. The van der Waals surface area contributed by atoms with Crippen LogP contribution < -0.4 is 10.1 Å². The molecule has 0 bridgehead atoms. The second-order valence-corrected chi connectivity index (χ2v) is 6.89. The van der Waals surface area contributed by atoms with Crippen molar-refractivity contribution in [1.29, 1.82) is 0 Å². The number of hydrogen-bond acceptors (Lipinski definition) is 2. The minimum atomic E-state index is -0.143. The summed E-state index contributed by atoms with van der Waals surface area (Å²) in [5.74, 6) is 0.649. The molecule has 0 aliphatic carbocycles. The fraction of sp³-hybridized carbons (Fsp3) is 0.118. The van der Waals surface area contributed by atoms with Crippen LogP contribution in [-0.4, -0.2) is 12.5 Å². The standard InChI is InChI=1S/C17H13Br2NO2/c1-10-6-13(18)2-4-15(10)20-17(21)12-7-11-8-14(19)3-5-16(11)22-9-12/h2-8H,9H2,1H3,(H,20,21). The molecule has 5 heteroatoms. The molecule has 3 rings (SSSR count). The second kappa shape index (κ2) is 6.26. The highest BCUT2D eigenvalue weighted by atomic mass is 79.9. The lowest BCUT2D eigenvalue weighted by Gasteiger charge is -2.18. The molecule has 2 aromatic rings. The first-order valence-corrected chi connectivity index (χ1v) is 8.32. The van der Waals surface area contributed by atoms with Crippen LogP contribution in [0.4, 0.5) is 5.69 Å². The van der Waals surface area contributed by atoms with Gasteiger partial charge in [0, 0.05) is 20.2 Å². The molecule has 1 N–H and O–H groups in total. The maximum Gasteiger partial charge on any atom is 0.255 e. The number of rotatable bonds is 2. The van der Waals surface area contributed by atoms with Crippen molar-refractivity contribution in [3.63, 3.8) is 0 Å². The molecule has 1 heterocycles. The van der Waals surface area contributed by atoms with Crippen molar-refractivity contribution in [2.45, 2.75) is 6.92 Å². The molecule has 112 valence electrons. The Hall–Kier alpha value is -1.59. The average Bonchev–Trinajstić information content (AvgIpc) is 2.49. The molecule has 0 aromatic heterocycles. The van der Waals surface area contributed by atoms with Gasteiger partial charge in [-0.2, -0.15) is 0 Å². The number of benzene rings is 2. The van der Waals surface area contributed by atoms with Gasteiger partial charge in [0.25, 0.3) is 5.91 Å². The Balaban J connectivity index is 1.84. The predicted octanol–water partition coefficient (Wildman–Crippen LogP) is 4.93. The van der Waals surface area contributed by atoms with Gasteiger partial charge in [-0.15, -0.1) is 0 Å². The van der Waals surface area contributed by atoms with Gasteiger partial charge in [0.2, 0.25) is 0 Å². The summed E-state index contributed by atoms with van der Waals surface area (Å²) in [5, 5.41) is 2.93. The van der Waals surface area contributed by atoms with Crippen molar-refractivity contribution in [3.8, 4) is 5.75 Å².